The fourth-order valence-corrected chi connectivity index (χ4v) is 2.15. The molecule has 0 radical (unpaired) electrons. The van der Waals surface area contributed by atoms with E-state index < -0.39 is 0 Å². The van der Waals surface area contributed by atoms with Crippen LogP contribution in [-0.4, -0.2) is 5.91 Å². The van der Waals surface area contributed by atoms with Gasteiger partial charge in [-0.1, -0.05) is 36.4 Å². The predicted octanol–water partition coefficient (Wildman–Crippen LogP) is 3.79. The molecule has 4 nitrogen and oxygen atoms in total. The van der Waals surface area contributed by atoms with E-state index in [1.165, 1.54) is 0 Å². The van der Waals surface area contributed by atoms with Crippen molar-refractivity contribution in [3.05, 3.63) is 89.9 Å². The molecule has 23 heavy (non-hydrogen) atoms. The summed E-state index contributed by atoms with van der Waals surface area (Å²) < 4.78 is 10.9. The summed E-state index contributed by atoms with van der Waals surface area (Å²) in [5.74, 6) is 1.22. The van der Waals surface area contributed by atoms with Crippen molar-refractivity contribution >= 4 is 5.91 Å². The highest BCUT2D eigenvalue weighted by atomic mass is 16.5. The minimum Gasteiger partial charge on any atom is -0.489 e. The van der Waals surface area contributed by atoms with Gasteiger partial charge in [0.15, 0.2) is 0 Å². The first kappa shape index (κ1) is 14.9. The van der Waals surface area contributed by atoms with Crippen LogP contribution in [0.4, 0.5) is 0 Å². The van der Waals surface area contributed by atoms with Crippen LogP contribution in [0.15, 0.2) is 77.4 Å². The first-order chi connectivity index (χ1) is 11.3. The van der Waals surface area contributed by atoms with Gasteiger partial charge in [0.2, 0.25) is 0 Å². The lowest BCUT2D eigenvalue weighted by molar-refractivity contribution is 0.0947. The molecule has 1 aromatic heterocycles. The lowest BCUT2D eigenvalue weighted by Gasteiger charge is -2.08. The van der Waals surface area contributed by atoms with Gasteiger partial charge in [-0.3, -0.25) is 4.79 Å². The third-order valence-electron chi connectivity index (χ3n) is 3.35. The summed E-state index contributed by atoms with van der Waals surface area (Å²) in [5, 5.41) is 2.81. The number of amides is 1. The molecule has 0 atom stereocenters. The minimum absolute atomic E-state index is 0.161. The van der Waals surface area contributed by atoms with E-state index >= 15 is 0 Å². The van der Waals surface area contributed by atoms with Crippen molar-refractivity contribution in [3.63, 3.8) is 0 Å². The molecule has 0 unspecified atom stereocenters. The molecule has 0 spiro atoms. The van der Waals surface area contributed by atoms with Gasteiger partial charge in [-0.05, 0) is 35.9 Å². The van der Waals surface area contributed by atoms with Crippen LogP contribution in [0.25, 0.3) is 0 Å². The lowest BCUT2D eigenvalue weighted by atomic mass is 10.2. The Morgan fingerprint density at radius 1 is 1.00 bits per heavy atom. The molecule has 0 saturated heterocycles. The van der Waals surface area contributed by atoms with Gasteiger partial charge < -0.3 is 14.5 Å². The van der Waals surface area contributed by atoms with Gasteiger partial charge in [0.05, 0.1) is 12.8 Å². The average molecular weight is 307 g/mol. The van der Waals surface area contributed by atoms with Crippen LogP contribution < -0.4 is 10.1 Å². The van der Waals surface area contributed by atoms with Crippen LogP contribution in [0.1, 0.15) is 21.7 Å². The van der Waals surface area contributed by atoms with E-state index in [-0.39, 0.29) is 5.91 Å². The monoisotopic (exact) mass is 307 g/mol. The van der Waals surface area contributed by atoms with E-state index in [4.69, 9.17) is 9.15 Å². The summed E-state index contributed by atoms with van der Waals surface area (Å²) in [6.07, 6.45) is 1.58. The van der Waals surface area contributed by atoms with E-state index in [1.807, 2.05) is 48.5 Å². The molecular formula is C19H17NO3. The number of carbonyl (C=O) groups is 1. The van der Waals surface area contributed by atoms with Crippen molar-refractivity contribution in [2.24, 2.45) is 0 Å². The number of hydrogen-bond acceptors (Lipinski definition) is 3. The topological polar surface area (TPSA) is 51.5 Å². The van der Waals surface area contributed by atoms with Gasteiger partial charge in [-0.25, -0.2) is 0 Å². The minimum atomic E-state index is -0.161. The molecule has 0 fully saturated rings. The molecule has 0 aliphatic rings. The summed E-state index contributed by atoms with van der Waals surface area (Å²) in [6.45, 7) is 0.833. The zero-order chi connectivity index (χ0) is 15.9. The van der Waals surface area contributed by atoms with Gasteiger partial charge in [0.1, 0.15) is 18.1 Å². The lowest BCUT2D eigenvalue weighted by Crippen LogP contribution is -2.22. The average Bonchev–Trinajstić information content (AvgIpc) is 3.12. The van der Waals surface area contributed by atoms with Crippen molar-refractivity contribution in [2.45, 2.75) is 13.2 Å². The molecule has 4 heteroatoms. The van der Waals surface area contributed by atoms with Crippen LogP contribution in [-0.2, 0) is 13.2 Å². The SMILES string of the molecule is O=C(NCc1ccco1)c1cccc(OCc2ccccc2)c1. The number of ether oxygens (including phenoxy) is 1. The largest absolute Gasteiger partial charge is 0.489 e. The van der Waals surface area contributed by atoms with Gasteiger partial charge in [0.25, 0.3) is 5.91 Å². The highest BCUT2D eigenvalue weighted by Crippen LogP contribution is 2.15. The molecule has 116 valence electrons. The maximum atomic E-state index is 12.2. The van der Waals surface area contributed by atoms with Crippen LogP contribution in [0.3, 0.4) is 0 Å². The smallest absolute Gasteiger partial charge is 0.251 e. The van der Waals surface area contributed by atoms with E-state index in [1.54, 1.807) is 24.5 Å². The Morgan fingerprint density at radius 2 is 1.87 bits per heavy atom. The summed E-state index contributed by atoms with van der Waals surface area (Å²) in [7, 11) is 0. The molecule has 0 aliphatic carbocycles. The summed E-state index contributed by atoms with van der Waals surface area (Å²) in [5.41, 5.74) is 1.64. The molecule has 0 saturated carbocycles. The van der Waals surface area contributed by atoms with Gasteiger partial charge in [-0.2, -0.15) is 0 Å². The van der Waals surface area contributed by atoms with Crippen molar-refractivity contribution < 1.29 is 13.9 Å². The maximum absolute atomic E-state index is 12.2. The fraction of sp³-hybridized carbons (Fsp3) is 0.105. The van der Waals surface area contributed by atoms with Crippen molar-refractivity contribution in [1.82, 2.24) is 5.32 Å². The molecule has 1 N–H and O–H groups in total. The Bertz CT molecular complexity index is 751. The second kappa shape index (κ2) is 7.31. The molecule has 1 heterocycles. The van der Waals surface area contributed by atoms with Crippen LogP contribution in [0.5, 0.6) is 5.75 Å². The Balaban J connectivity index is 1.59. The normalized spacial score (nSPS) is 10.3. The van der Waals surface area contributed by atoms with Crippen molar-refractivity contribution in [3.8, 4) is 5.75 Å². The molecule has 3 rings (SSSR count). The summed E-state index contributed by atoms with van der Waals surface area (Å²) >= 11 is 0. The van der Waals surface area contributed by atoms with Crippen LogP contribution in [0.2, 0.25) is 0 Å². The van der Waals surface area contributed by atoms with Gasteiger partial charge in [0, 0.05) is 5.56 Å². The summed E-state index contributed by atoms with van der Waals surface area (Å²) in [6, 6.07) is 20.7. The van der Waals surface area contributed by atoms with E-state index in [2.05, 4.69) is 5.32 Å². The quantitative estimate of drug-likeness (QED) is 0.754. The van der Waals surface area contributed by atoms with Crippen LogP contribution in [0, 0.1) is 0 Å². The standard InChI is InChI=1S/C19H17NO3/c21-19(20-13-18-10-5-11-22-18)16-8-4-9-17(12-16)23-14-15-6-2-1-3-7-15/h1-12H,13-14H2,(H,20,21). The third kappa shape index (κ3) is 4.23. The van der Waals surface area contributed by atoms with E-state index in [9.17, 15) is 4.79 Å². The fourth-order valence-electron chi connectivity index (χ4n) is 2.15. The predicted molar refractivity (Wildman–Crippen MR) is 87.1 cm³/mol. The number of hydrogen-bond donors (Lipinski definition) is 1. The highest BCUT2D eigenvalue weighted by Gasteiger charge is 2.07. The molecule has 2 aromatic carbocycles. The Kier molecular flexibility index (Phi) is 4.74. The molecule has 3 aromatic rings. The van der Waals surface area contributed by atoms with Crippen molar-refractivity contribution in [2.75, 3.05) is 0 Å². The zero-order valence-electron chi connectivity index (χ0n) is 12.6. The number of rotatable bonds is 6. The molecule has 0 bridgehead atoms. The van der Waals surface area contributed by atoms with Gasteiger partial charge in [-0.15, -0.1) is 0 Å². The molecule has 1 amide bonds. The van der Waals surface area contributed by atoms with Crippen molar-refractivity contribution in [1.29, 1.82) is 0 Å². The Hall–Kier alpha value is -3.01. The third-order valence-corrected chi connectivity index (χ3v) is 3.35. The molecule has 0 aliphatic heterocycles. The zero-order valence-corrected chi connectivity index (χ0v) is 12.6. The molecular weight excluding hydrogens is 290 g/mol. The van der Waals surface area contributed by atoms with Gasteiger partial charge >= 0.3 is 0 Å². The number of benzene rings is 2. The second-order valence-corrected chi connectivity index (χ2v) is 5.06. The Morgan fingerprint density at radius 3 is 2.65 bits per heavy atom. The van der Waals surface area contributed by atoms with E-state index in [0.29, 0.717) is 24.5 Å². The number of furan rings is 1. The first-order valence-corrected chi connectivity index (χ1v) is 7.38. The van der Waals surface area contributed by atoms with E-state index in [0.717, 1.165) is 11.3 Å². The first-order valence-electron chi connectivity index (χ1n) is 7.38. The number of carbonyl (C=O) groups excluding carboxylic acids is 1. The Labute approximate surface area is 134 Å². The highest BCUT2D eigenvalue weighted by molar-refractivity contribution is 5.94. The number of nitrogens with one attached hydrogen (secondary N) is 1. The maximum Gasteiger partial charge on any atom is 0.251 e. The summed E-state index contributed by atoms with van der Waals surface area (Å²) in [4.78, 5) is 12.2. The van der Waals surface area contributed by atoms with Crippen LogP contribution >= 0.6 is 0 Å². The second-order valence-electron chi connectivity index (χ2n) is 5.06.